The van der Waals surface area contributed by atoms with Gasteiger partial charge < -0.3 is 5.32 Å². The zero-order valence-electron chi connectivity index (χ0n) is 11.1. The molecule has 100 valence electrons. The highest BCUT2D eigenvalue weighted by molar-refractivity contribution is 7.14. The lowest BCUT2D eigenvalue weighted by molar-refractivity contribution is 1.14. The van der Waals surface area contributed by atoms with Crippen molar-refractivity contribution in [3.8, 4) is 11.3 Å². The van der Waals surface area contributed by atoms with E-state index in [1.165, 1.54) is 5.56 Å². The minimum Gasteiger partial charge on any atom is -0.300 e. The maximum absolute atomic E-state index is 4.56. The van der Waals surface area contributed by atoms with Gasteiger partial charge in [0.2, 0.25) is 5.95 Å². The van der Waals surface area contributed by atoms with Crippen LogP contribution in [0.1, 0.15) is 12.5 Å². The maximum atomic E-state index is 4.56. The third-order valence-electron chi connectivity index (χ3n) is 2.95. The van der Waals surface area contributed by atoms with Crippen LogP contribution in [0, 0.1) is 0 Å². The molecule has 3 rings (SSSR count). The second kappa shape index (κ2) is 5.79. The highest BCUT2D eigenvalue weighted by Gasteiger charge is 2.05. The fourth-order valence-corrected chi connectivity index (χ4v) is 2.55. The van der Waals surface area contributed by atoms with Crippen LogP contribution >= 0.6 is 11.3 Å². The first-order valence-corrected chi connectivity index (χ1v) is 7.32. The Kier molecular flexibility index (Phi) is 3.69. The largest absolute Gasteiger partial charge is 0.300 e. The smallest absolute Gasteiger partial charge is 0.228 e. The van der Waals surface area contributed by atoms with Crippen LogP contribution in [-0.2, 0) is 6.42 Å². The lowest BCUT2D eigenvalue weighted by Gasteiger charge is -2.00. The van der Waals surface area contributed by atoms with Crippen molar-refractivity contribution in [1.29, 1.82) is 0 Å². The van der Waals surface area contributed by atoms with Crippen LogP contribution in [0.3, 0.4) is 0 Å². The van der Waals surface area contributed by atoms with Crippen molar-refractivity contribution in [3.63, 3.8) is 0 Å². The van der Waals surface area contributed by atoms with Gasteiger partial charge in [-0.25, -0.2) is 15.0 Å². The summed E-state index contributed by atoms with van der Waals surface area (Å²) in [6.07, 6.45) is 4.45. The van der Waals surface area contributed by atoms with Gasteiger partial charge in [-0.05, 0) is 18.1 Å². The molecule has 4 nitrogen and oxygen atoms in total. The number of nitrogens with one attached hydrogen (secondary N) is 1. The Morgan fingerprint density at radius 3 is 2.55 bits per heavy atom. The van der Waals surface area contributed by atoms with Gasteiger partial charge in [0, 0.05) is 23.3 Å². The van der Waals surface area contributed by atoms with E-state index in [1.54, 1.807) is 29.8 Å². The van der Waals surface area contributed by atoms with Crippen molar-refractivity contribution in [2.45, 2.75) is 13.3 Å². The van der Waals surface area contributed by atoms with Gasteiger partial charge in [0.25, 0.3) is 0 Å². The predicted molar refractivity (Wildman–Crippen MR) is 82.2 cm³/mol. The van der Waals surface area contributed by atoms with Gasteiger partial charge in [0.15, 0.2) is 5.13 Å². The molecule has 2 heterocycles. The highest BCUT2D eigenvalue weighted by Crippen LogP contribution is 2.26. The summed E-state index contributed by atoms with van der Waals surface area (Å²) in [5, 5.41) is 5.93. The first-order chi connectivity index (χ1) is 9.85. The van der Waals surface area contributed by atoms with Crippen molar-refractivity contribution in [2.75, 3.05) is 5.32 Å². The molecule has 5 heteroatoms. The molecular weight excluding hydrogens is 268 g/mol. The highest BCUT2D eigenvalue weighted by atomic mass is 32.1. The number of aryl methyl sites for hydroxylation is 1. The summed E-state index contributed by atoms with van der Waals surface area (Å²) in [6, 6.07) is 10.3. The van der Waals surface area contributed by atoms with Crippen LogP contribution in [0.2, 0.25) is 0 Å². The van der Waals surface area contributed by atoms with Crippen molar-refractivity contribution in [1.82, 2.24) is 15.0 Å². The predicted octanol–water partition coefficient (Wildman–Crippen LogP) is 3.91. The van der Waals surface area contributed by atoms with E-state index in [0.29, 0.717) is 5.95 Å². The van der Waals surface area contributed by atoms with Crippen LogP contribution in [0.25, 0.3) is 11.3 Å². The molecule has 0 spiro atoms. The molecule has 1 aromatic carbocycles. The fourth-order valence-electron chi connectivity index (χ4n) is 1.83. The number of aromatic nitrogens is 3. The fraction of sp³-hybridized carbons (Fsp3) is 0.133. The molecule has 0 fully saturated rings. The molecule has 0 amide bonds. The van der Waals surface area contributed by atoms with Gasteiger partial charge in [-0.1, -0.05) is 31.2 Å². The van der Waals surface area contributed by atoms with E-state index in [-0.39, 0.29) is 0 Å². The maximum Gasteiger partial charge on any atom is 0.228 e. The van der Waals surface area contributed by atoms with E-state index in [1.807, 2.05) is 5.38 Å². The van der Waals surface area contributed by atoms with E-state index in [9.17, 15) is 0 Å². The number of rotatable bonds is 4. The van der Waals surface area contributed by atoms with Crippen LogP contribution in [0.15, 0.2) is 48.1 Å². The number of anilines is 2. The minimum absolute atomic E-state index is 0.565. The molecule has 0 saturated heterocycles. The molecular formula is C15H14N4S. The van der Waals surface area contributed by atoms with Crippen LogP contribution < -0.4 is 5.32 Å². The van der Waals surface area contributed by atoms with E-state index < -0.39 is 0 Å². The van der Waals surface area contributed by atoms with E-state index in [4.69, 9.17) is 0 Å². The number of hydrogen-bond donors (Lipinski definition) is 1. The summed E-state index contributed by atoms with van der Waals surface area (Å²) in [4.78, 5) is 12.8. The number of nitrogens with zero attached hydrogens (tertiary/aromatic N) is 3. The van der Waals surface area contributed by atoms with E-state index >= 15 is 0 Å². The van der Waals surface area contributed by atoms with Gasteiger partial charge in [0.1, 0.15) is 0 Å². The third kappa shape index (κ3) is 2.83. The number of hydrogen-bond acceptors (Lipinski definition) is 5. The summed E-state index contributed by atoms with van der Waals surface area (Å²) in [6.45, 7) is 2.15. The molecule has 0 bridgehead atoms. The second-order valence-corrected chi connectivity index (χ2v) is 5.14. The summed E-state index contributed by atoms with van der Waals surface area (Å²) < 4.78 is 0. The normalized spacial score (nSPS) is 10.4. The van der Waals surface area contributed by atoms with E-state index in [0.717, 1.165) is 22.8 Å². The molecule has 0 aliphatic heterocycles. The standard InChI is InChI=1S/C15H14N4S/c1-2-11-4-6-12(7-5-11)13-10-20-15(18-13)19-14-16-8-3-9-17-14/h3-10H,2H2,1H3,(H,16,17,18,19). The Morgan fingerprint density at radius 2 is 1.85 bits per heavy atom. The molecule has 0 saturated carbocycles. The van der Waals surface area contributed by atoms with Gasteiger partial charge in [-0.3, -0.25) is 0 Å². The molecule has 0 aliphatic carbocycles. The zero-order valence-corrected chi connectivity index (χ0v) is 11.9. The minimum atomic E-state index is 0.565. The van der Waals surface area contributed by atoms with Crippen molar-refractivity contribution >= 4 is 22.4 Å². The van der Waals surface area contributed by atoms with Gasteiger partial charge in [-0.2, -0.15) is 0 Å². The average molecular weight is 282 g/mol. The summed E-state index contributed by atoms with van der Waals surface area (Å²) in [7, 11) is 0. The Labute approximate surface area is 121 Å². The molecule has 0 radical (unpaired) electrons. The quantitative estimate of drug-likeness (QED) is 0.788. The van der Waals surface area contributed by atoms with Crippen molar-refractivity contribution in [2.24, 2.45) is 0 Å². The average Bonchev–Trinajstić information content (AvgIpc) is 2.97. The second-order valence-electron chi connectivity index (χ2n) is 4.29. The molecule has 0 atom stereocenters. The third-order valence-corrected chi connectivity index (χ3v) is 3.70. The topological polar surface area (TPSA) is 50.7 Å². The molecule has 2 aromatic heterocycles. The monoisotopic (exact) mass is 282 g/mol. The molecule has 3 aromatic rings. The molecule has 0 unspecified atom stereocenters. The van der Waals surface area contributed by atoms with Gasteiger partial charge in [0.05, 0.1) is 5.69 Å². The Hall–Kier alpha value is -2.27. The van der Waals surface area contributed by atoms with Crippen LogP contribution in [0.4, 0.5) is 11.1 Å². The molecule has 0 aliphatic rings. The lowest BCUT2D eigenvalue weighted by Crippen LogP contribution is -1.94. The summed E-state index contributed by atoms with van der Waals surface area (Å²) in [5.74, 6) is 0.565. The van der Waals surface area contributed by atoms with E-state index in [2.05, 4.69) is 51.5 Å². The Bertz CT molecular complexity index is 677. The first kappa shape index (κ1) is 12.7. The van der Waals surface area contributed by atoms with Gasteiger partial charge in [-0.15, -0.1) is 11.3 Å². The molecule has 20 heavy (non-hydrogen) atoms. The SMILES string of the molecule is CCc1ccc(-c2csc(Nc3ncccn3)n2)cc1. The number of benzene rings is 1. The Balaban J connectivity index is 1.79. The molecule has 1 N–H and O–H groups in total. The summed E-state index contributed by atoms with van der Waals surface area (Å²) in [5.41, 5.74) is 3.43. The zero-order chi connectivity index (χ0) is 13.8. The first-order valence-electron chi connectivity index (χ1n) is 6.44. The lowest BCUT2D eigenvalue weighted by atomic mass is 10.1. The Morgan fingerprint density at radius 1 is 1.10 bits per heavy atom. The van der Waals surface area contributed by atoms with Crippen molar-refractivity contribution < 1.29 is 0 Å². The summed E-state index contributed by atoms with van der Waals surface area (Å²) >= 11 is 1.55. The van der Waals surface area contributed by atoms with Crippen LogP contribution in [0.5, 0.6) is 0 Å². The van der Waals surface area contributed by atoms with Crippen LogP contribution in [-0.4, -0.2) is 15.0 Å². The van der Waals surface area contributed by atoms with Crippen molar-refractivity contribution in [3.05, 3.63) is 53.7 Å². The number of thiazole rings is 1. The van der Waals surface area contributed by atoms with Gasteiger partial charge >= 0.3 is 0 Å².